The number of carbonyl (C=O) groups is 1. The first-order chi connectivity index (χ1) is 8.69. The number of fused-ring (bicyclic) bond motifs is 1. The summed E-state index contributed by atoms with van der Waals surface area (Å²) in [5.41, 5.74) is 2.25. The van der Waals surface area contributed by atoms with Gasteiger partial charge in [-0.25, -0.2) is 4.79 Å². The molecule has 2 rings (SSSR count). The number of hydrogen-bond donors (Lipinski definition) is 0. The van der Waals surface area contributed by atoms with Crippen molar-refractivity contribution in [2.45, 2.75) is 13.8 Å². The zero-order chi connectivity index (χ0) is 13.0. The van der Waals surface area contributed by atoms with Gasteiger partial charge in [-0.2, -0.15) is 0 Å². The van der Waals surface area contributed by atoms with Gasteiger partial charge < -0.3 is 4.74 Å². The Morgan fingerprint density at radius 2 is 1.89 bits per heavy atom. The van der Waals surface area contributed by atoms with Crippen molar-refractivity contribution in [3.63, 3.8) is 0 Å². The highest BCUT2D eigenvalue weighted by Crippen LogP contribution is 2.18. The monoisotopic (exact) mass is 240 g/mol. The summed E-state index contributed by atoms with van der Waals surface area (Å²) in [6, 6.07) is 12.4. The molecule has 0 saturated carbocycles. The van der Waals surface area contributed by atoms with E-state index in [2.05, 4.69) is 37.3 Å². The van der Waals surface area contributed by atoms with Crippen LogP contribution in [-0.2, 0) is 9.53 Å². The first-order valence-electron chi connectivity index (χ1n) is 6.04. The Hall–Kier alpha value is -2.09. The second-order valence-electron chi connectivity index (χ2n) is 4.20. The molecule has 0 fully saturated rings. The van der Waals surface area contributed by atoms with Crippen molar-refractivity contribution in [1.82, 2.24) is 0 Å². The Morgan fingerprint density at radius 1 is 1.17 bits per heavy atom. The lowest BCUT2D eigenvalue weighted by Crippen LogP contribution is -1.98. The SMILES string of the molecule is CCOC(=O)/C=C/c1ccc2cc(C)ccc2c1. The predicted molar refractivity (Wildman–Crippen MR) is 74.4 cm³/mol. The number of hydrogen-bond acceptors (Lipinski definition) is 2. The van der Waals surface area contributed by atoms with Crippen LogP contribution < -0.4 is 0 Å². The van der Waals surface area contributed by atoms with Crippen molar-refractivity contribution in [2.24, 2.45) is 0 Å². The molecule has 0 aliphatic heterocycles. The fourth-order valence-corrected chi connectivity index (χ4v) is 1.84. The van der Waals surface area contributed by atoms with Gasteiger partial charge in [-0.1, -0.05) is 35.9 Å². The van der Waals surface area contributed by atoms with E-state index in [-0.39, 0.29) is 5.97 Å². The lowest BCUT2D eigenvalue weighted by atomic mass is 10.0. The molecule has 0 heterocycles. The summed E-state index contributed by atoms with van der Waals surface area (Å²) in [5.74, 6) is -0.304. The molecule has 2 nitrogen and oxygen atoms in total. The lowest BCUT2D eigenvalue weighted by Gasteiger charge is -2.01. The molecular formula is C16H16O2. The van der Waals surface area contributed by atoms with Crippen molar-refractivity contribution < 1.29 is 9.53 Å². The molecule has 0 atom stereocenters. The number of ether oxygens (including phenoxy) is 1. The standard InChI is InChI=1S/C16H16O2/c1-3-18-16(17)9-6-13-5-8-14-10-12(2)4-7-15(14)11-13/h4-11H,3H2,1-2H3/b9-6+. The second-order valence-corrected chi connectivity index (χ2v) is 4.20. The first-order valence-corrected chi connectivity index (χ1v) is 6.04. The fourth-order valence-electron chi connectivity index (χ4n) is 1.84. The van der Waals surface area contributed by atoms with Crippen LogP contribution >= 0.6 is 0 Å². The summed E-state index contributed by atoms with van der Waals surface area (Å²) in [6.07, 6.45) is 3.23. The van der Waals surface area contributed by atoms with E-state index in [0.29, 0.717) is 6.61 Å². The average Bonchev–Trinajstić information content (AvgIpc) is 2.36. The summed E-state index contributed by atoms with van der Waals surface area (Å²) in [4.78, 5) is 11.2. The van der Waals surface area contributed by atoms with Gasteiger partial charge in [-0.15, -0.1) is 0 Å². The minimum atomic E-state index is -0.304. The topological polar surface area (TPSA) is 26.3 Å². The minimum Gasteiger partial charge on any atom is -0.463 e. The van der Waals surface area contributed by atoms with Crippen molar-refractivity contribution >= 4 is 22.8 Å². The molecule has 0 radical (unpaired) electrons. The van der Waals surface area contributed by atoms with Crippen LogP contribution in [0.25, 0.3) is 16.8 Å². The second kappa shape index (κ2) is 5.50. The molecule has 2 heteroatoms. The molecule has 2 aromatic rings. The van der Waals surface area contributed by atoms with E-state index in [4.69, 9.17) is 4.74 Å². The predicted octanol–water partition coefficient (Wildman–Crippen LogP) is 3.72. The molecule has 0 aliphatic rings. The molecule has 18 heavy (non-hydrogen) atoms. The van der Waals surface area contributed by atoms with E-state index in [1.807, 2.05) is 6.07 Å². The van der Waals surface area contributed by atoms with Crippen LogP contribution in [0.5, 0.6) is 0 Å². The van der Waals surface area contributed by atoms with Crippen molar-refractivity contribution in [3.05, 3.63) is 53.6 Å². The van der Waals surface area contributed by atoms with Crippen molar-refractivity contribution in [1.29, 1.82) is 0 Å². The summed E-state index contributed by atoms with van der Waals surface area (Å²) in [5, 5.41) is 2.38. The van der Waals surface area contributed by atoms with E-state index in [9.17, 15) is 4.79 Å². The van der Waals surface area contributed by atoms with E-state index >= 15 is 0 Å². The summed E-state index contributed by atoms with van der Waals surface area (Å²) in [7, 11) is 0. The summed E-state index contributed by atoms with van der Waals surface area (Å²) >= 11 is 0. The molecule has 0 unspecified atom stereocenters. The zero-order valence-corrected chi connectivity index (χ0v) is 10.6. The van der Waals surface area contributed by atoms with E-state index in [1.165, 1.54) is 22.4 Å². The third-order valence-corrected chi connectivity index (χ3v) is 2.72. The number of carbonyl (C=O) groups excluding carboxylic acids is 1. The maximum absolute atomic E-state index is 11.2. The normalized spacial score (nSPS) is 11.0. The minimum absolute atomic E-state index is 0.304. The maximum Gasteiger partial charge on any atom is 0.330 e. The van der Waals surface area contributed by atoms with Crippen LogP contribution in [0.4, 0.5) is 0 Å². The largest absolute Gasteiger partial charge is 0.463 e. The summed E-state index contributed by atoms with van der Waals surface area (Å²) in [6.45, 7) is 4.28. The van der Waals surface area contributed by atoms with E-state index < -0.39 is 0 Å². The molecule has 0 aromatic heterocycles. The Morgan fingerprint density at radius 3 is 2.67 bits per heavy atom. The highest BCUT2D eigenvalue weighted by atomic mass is 16.5. The van der Waals surface area contributed by atoms with Crippen LogP contribution in [0, 0.1) is 6.92 Å². The summed E-state index contributed by atoms with van der Waals surface area (Å²) < 4.78 is 4.84. The lowest BCUT2D eigenvalue weighted by molar-refractivity contribution is -0.137. The number of esters is 1. The highest BCUT2D eigenvalue weighted by Gasteiger charge is 1.97. The molecule has 0 N–H and O–H groups in total. The van der Waals surface area contributed by atoms with Crippen LogP contribution in [0.3, 0.4) is 0 Å². The van der Waals surface area contributed by atoms with Crippen LogP contribution in [0.15, 0.2) is 42.5 Å². The van der Waals surface area contributed by atoms with Crippen LogP contribution in [-0.4, -0.2) is 12.6 Å². The molecule has 2 aromatic carbocycles. The zero-order valence-electron chi connectivity index (χ0n) is 10.6. The molecular weight excluding hydrogens is 224 g/mol. The number of rotatable bonds is 3. The van der Waals surface area contributed by atoms with Gasteiger partial charge in [0.1, 0.15) is 0 Å². The van der Waals surface area contributed by atoms with Gasteiger partial charge >= 0.3 is 5.97 Å². The van der Waals surface area contributed by atoms with E-state index in [0.717, 1.165) is 5.56 Å². The molecule has 92 valence electrons. The van der Waals surface area contributed by atoms with Crippen LogP contribution in [0.2, 0.25) is 0 Å². The third kappa shape index (κ3) is 2.98. The molecule has 0 aliphatic carbocycles. The van der Waals surface area contributed by atoms with Gasteiger partial charge in [0.15, 0.2) is 0 Å². The highest BCUT2D eigenvalue weighted by molar-refractivity contribution is 5.89. The smallest absolute Gasteiger partial charge is 0.330 e. The average molecular weight is 240 g/mol. The van der Waals surface area contributed by atoms with Crippen molar-refractivity contribution in [3.8, 4) is 0 Å². The van der Waals surface area contributed by atoms with E-state index in [1.54, 1.807) is 13.0 Å². The van der Waals surface area contributed by atoms with Gasteiger partial charge in [-0.05, 0) is 42.3 Å². The quantitative estimate of drug-likeness (QED) is 0.603. The molecule has 0 saturated heterocycles. The molecule has 0 bridgehead atoms. The molecule has 0 amide bonds. The van der Waals surface area contributed by atoms with Gasteiger partial charge in [0.2, 0.25) is 0 Å². The molecule has 0 spiro atoms. The van der Waals surface area contributed by atoms with Gasteiger partial charge in [-0.3, -0.25) is 0 Å². The van der Waals surface area contributed by atoms with Gasteiger partial charge in [0.25, 0.3) is 0 Å². The van der Waals surface area contributed by atoms with Gasteiger partial charge in [0.05, 0.1) is 6.61 Å². The Bertz CT molecular complexity index is 597. The van der Waals surface area contributed by atoms with Crippen LogP contribution in [0.1, 0.15) is 18.1 Å². The fraction of sp³-hybridized carbons (Fsp3) is 0.188. The third-order valence-electron chi connectivity index (χ3n) is 2.72. The Kier molecular flexibility index (Phi) is 3.78. The number of benzene rings is 2. The maximum atomic E-state index is 11.2. The Labute approximate surface area is 107 Å². The Balaban J connectivity index is 2.25. The number of aryl methyl sites for hydroxylation is 1. The first kappa shape index (κ1) is 12.4. The van der Waals surface area contributed by atoms with Crippen molar-refractivity contribution in [2.75, 3.05) is 6.61 Å². The van der Waals surface area contributed by atoms with Gasteiger partial charge in [0, 0.05) is 6.08 Å².